The van der Waals surface area contributed by atoms with Gasteiger partial charge in [-0.05, 0) is 37.6 Å². The highest BCUT2D eigenvalue weighted by Crippen LogP contribution is 2.29. The molecular formula is C13H14BrClN2O. The average molecular weight is 330 g/mol. The van der Waals surface area contributed by atoms with Crippen LogP contribution in [0, 0.1) is 0 Å². The Morgan fingerprint density at radius 2 is 2.17 bits per heavy atom. The summed E-state index contributed by atoms with van der Waals surface area (Å²) < 4.78 is 0.977. The van der Waals surface area contributed by atoms with Crippen LogP contribution in [-0.2, 0) is 0 Å². The fourth-order valence-electron chi connectivity index (χ4n) is 1.66. The van der Waals surface area contributed by atoms with Crippen molar-refractivity contribution in [2.24, 2.45) is 0 Å². The SMILES string of the molecule is CC(O)CCNc1ccc2c(Br)ccc(Cl)c2n1. The summed E-state index contributed by atoms with van der Waals surface area (Å²) in [7, 11) is 0. The molecule has 96 valence electrons. The van der Waals surface area contributed by atoms with Gasteiger partial charge < -0.3 is 10.4 Å². The molecule has 0 aliphatic carbocycles. The van der Waals surface area contributed by atoms with E-state index in [9.17, 15) is 5.11 Å². The van der Waals surface area contributed by atoms with Gasteiger partial charge in [0.2, 0.25) is 0 Å². The Kier molecular flexibility index (Phi) is 4.43. The van der Waals surface area contributed by atoms with E-state index in [-0.39, 0.29) is 6.10 Å². The highest BCUT2D eigenvalue weighted by molar-refractivity contribution is 9.10. The smallest absolute Gasteiger partial charge is 0.126 e. The first-order valence-electron chi connectivity index (χ1n) is 5.74. The summed E-state index contributed by atoms with van der Waals surface area (Å²) >= 11 is 9.61. The predicted octanol–water partition coefficient (Wildman–Crippen LogP) is 3.83. The van der Waals surface area contributed by atoms with Gasteiger partial charge >= 0.3 is 0 Å². The van der Waals surface area contributed by atoms with Crippen LogP contribution in [0.25, 0.3) is 10.9 Å². The largest absolute Gasteiger partial charge is 0.393 e. The number of rotatable bonds is 4. The molecular weight excluding hydrogens is 316 g/mol. The van der Waals surface area contributed by atoms with Crippen molar-refractivity contribution in [3.8, 4) is 0 Å². The topological polar surface area (TPSA) is 45.1 Å². The van der Waals surface area contributed by atoms with Crippen molar-refractivity contribution in [2.45, 2.75) is 19.4 Å². The molecule has 0 spiro atoms. The van der Waals surface area contributed by atoms with Crippen molar-refractivity contribution in [1.29, 1.82) is 0 Å². The second-order valence-electron chi connectivity index (χ2n) is 4.19. The number of halogens is 2. The molecule has 1 aromatic carbocycles. The minimum absolute atomic E-state index is 0.310. The van der Waals surface area contributed by atoms with E-state index in [0.717, 1.165) is 21.2 Å². The standard InChI is InChI=1S/C13H14BrClN2O/c1-8(18)6-7-16-12-5-2-9-10(14)3-4-11(15)13(9)17-12/h2-5,8,18H,6-7H2,1H3,(H,16,17). The first-order valence-corrected chi connectivity index (χ1v) is 6.91. The van der Waals surface area contributed by atoms with Crippen LogP contribution in [0.4, 0.5) is 5.82 Å². The predicted molar refractivity (Wildman–Crippen MR) is 79.2 cm³/mol. The molecule has 1 unspecified atom stereocenters. The van der Waals surface area contributed by atoms with E-state index in [1.807, 2.05) is 24.3 Å². The fraction of sp³-hybridized carbons (Fsp3) is 0.308. The van der Waals surface area contributed by atoms with Crippen LogP contribution in [0.3, 0.4) is 0 Å². The summed E-state index contributed by atoms with van der Waals surface area (Å²) in [5.41, 5.74) is 0.771. The first kappa shape index (κ1) is 13.6. The van der Waals surface area contributed by atoms with Gasteiger partial charge in [-0.3, -0.25) is 0 Å². The molecule has 1 aromatic heterocycles. The highest BCUT2D eigenvalue weighted by atomic mass is 79.9. The molecule has 1 atom stereocenters. The lowest BCUT2D eigenvalue weighted by Crippen LogP contribution is -2.10. The molecule has 0 amide bonds. The number of nitrogens with one attached hydrogen (secondary N) is 1. The van der Waals surface area contributed by atoms with Crippen LogP contribution >= 0.6 is 27.5 Å². The number of anilines is 1. The van der Waals surface area contributed by atoms with Gasteiger partial charge in [0, 0.05) is 16.4 Å². The van der Waals surface area contributed by atoms with Gasteiger partial charge in [0.05, 0.1) is 16.6 Å². The Hall–Kier alpha value is -0.840. The monoisotopic (exact) mass is 328 g/mol. The van der Waals surface area contributed by atoms with Crippen molar-refractivity contribution in [1.82, 2.24) is 4.98 Å². The van der Waals surface area contributed by atoms with Crippen molar-refractivity contribution >= 4 is 44.3 Å². The van der Waals surface area contributed by atoms with E-state index in [1.165, 1.54) is 0 Å². The Morgan fingerprint density at radius 1 is 1.39 bits per heavy atom. The number of hydrogen-bond acceptors (Lipinski definition) is 3. The zero-order valence-corrected chi connectivity index (χ0v) is 12.3. The maximum atomic E-state index is 9.19. The molecule has 1 heterocycles. The summed E-state index contributed by atoms with van der Waals surface area (Å²) in [5, 5.41) is 14.0. The molecule has 2 rings (SSSR count). The molecule has 0 saturated carbocycles. The van der Waals surface area contributed by atoms with E-state index in [0.29, 0.717) is 18.0 Å². The highest BCUT2D eigenvalue weighted by Gasteiger charge is 2.05. The minimum atomic E-state index is -0.310. The van der Waals surface area contributed by atoms with E-state index >= 15 is 0 Å². The number of aliphatic hydroxyl groups excluding tert-OH is 1. The third kappa shape index (κ3) is 3.13. The third-order valence-electron chi connectivity index (χ3n) is 2.62. The fourth-order valence-corrected chi connectivity index (χ4v) is 2.32. The van der Waals surface area contributed by atoms with Crippen LogP contribution in [0.5, 0.6) is 0 Å². The molecule has 3 nitrogen and oxygen atoms in total. The van der Waals surface area contributed by atoms with Crippen LogP contribution < -0.4 is 5.32 Å². The summed E-state index contributed by atoms with van der Waals surface area (Å²) in [4.78, 5) is 4.48. The number of fused-ring (bicyclic) bond motifs is 1. The number of benzene rings is 1. The van der Waals surface area contributed by atoms with Crippen LogP contribution in [0.15, 0.2) is 28.7 Å². The number of aliphatic hydroxyl groups is 1. The average Bonchev–Trinajstić information content (AvgIpc) is 2.34. The number of nitrogens with zero attached hydrogens (tertiary/aromatic N) is 1. The van der Waals surface area contributed by atoms with Crippen molar-refractivity contribution in [3.05, 3.63) is 33.8 Å². The van der Waals surface area contributed by atoms with Gasteiger partial charge in [0.25, 0.3) is 0 Å². The van der Waals surface area contributed by atoms with Crippen LogP contribution in [0.1, 0.15) is 13.3 Å². The molecule has 2 aromatic rings. The van der Waals surface area contributed by atoms with Crippen LogP contribution in [-0.4, -0.2) is 22.7 Å². The summed E-state index contributed by atoms with van der Waals surface area (Å²) in [6.45, 7) is 2.45. The first-order chi connectivity index (χ1) is 8.58. The van der Waals surface area contributed by atoms with E-state index in [2.05, 4.69) is 26.2 Å². The summed E-state index contributed by atoms with van der Waals surface area (Å²) in [5.74, 6) is 0.767. The Labute approximate surface area is 119 Å². The molecule has 0 radical (unpaired) electrons. The zero-order valence-electron chi connectivity index (χ0n) is 9.95. The van der Waals surface area contributed by atoms with Gasteiger partial charge in [-0.25, -0.2) is 4.98 Å². The summed E-state index contributed by atoms with van der Waals surface area (Å²) in [6, 6.07) is 7.61. The second-order valence-corrected chi connectivity index (χ2v) is 5.45. The lowest BCUT2D eigenvalue weighted by Gasteiger charge is -2.09. The zero-order chi connectivity index (χ0) is 13.1. The molecule has 2 N–H and O–H groups in total. The van der Waals surface area contributed by atoms with E-state index in [4.69, 9.17) is 11.6 Å². The van der Waals surface area contributed by atoms with Gasteiger partial charge in [-0.15, -0.1) is 0 Å². The molecule has 0 saturated heterocycles. The molecule has 18 heavy (non-hydrogen) atoms. The molecule has 0 fully saturated rings. The second kappa shape index (κ2) is 5.87. The molecule has 5 heteroatoms. The minimum Gasteiger partial charge on any atom is -0.393 e. The van der Waals surface area contributed by atoms with Crippen LogP contribution in [0.2, 0.25) is 5.02 Å². The Balaban J connectivity index is 2.24. The Morgan fingerprint density at radius 3 is 2.89 bits per heavy atom. The lowest BCUT2D eigenvalue weighted by atomic mass is 10.2. The lowest BCUT2D eigenvalue weighted by molar-refractivity contribution is 0.188. The van der Waals surface area contributed by atoms with E-state index in [1.54, 1.807) is 6.92 Å². The maximum Gasteiger partial charge on any atom is 0.126 e. The molecule has 0 bridgehead atoms. The maximum absolute atomic E-state index is 9.19. The molecule has 0 aliphatic heterocycles. The number of pyridine rings is 1. The third-order valence-corrected chi connectivity index (χ3v) is 3.62. The number of hydrogen-bond donors (Lipinski definition) is 2. The normalized spacial score (nSPS) is 12.7. The van der Waals surface area contributed by atoms with E-state index < -0.39 is 0 Å². The Bertz CT molecular complexity index is 560. The van der Waals surface area contributed by atoms with Crippen molar-refractivity contribution in [3.63, 3.8) is 0 Å². The van der Waals surface area contributed by atoms with Gasteiger partial charge in [0.1, 0.15) is 5.82 Å². The summed E-state index contributed by atoms with van der Waals surface area (Å²) in [6.07, 6.45) is 0.377. The molecule has 0 aliphatic rings. The number of aromatic nitrogens is 1. The van der Waals surface area contributed by atoms with Gasteiger partial charge in [0.15, 0.2) is 0 Å². The van der Waals surface area contributed by atoms with Crippen molar-refractivity contribution in [2.75, 3.05) is 11.9 Å². The van der Waals surface area contributed by atoms with Crippen molar-refractivity contribution < 1.29 is 5.11 Å². The van der Waals surface area contributed by atoms with Gasteiger partial charge in [-0.2, -0.15) is 0 Å². The quantitative estimate of drug-likeness (QED) is 0.896. The van der Waals surface area contributed by atoms with Gasteiger partial charge in [-0.1, -0.05) is 27.5 Å².